The minimum Gasteiger partial charge on any atom is -0.406 e. The van der Waals surface area contributed by atoms with Gasteiger partial charge in [-0.1, -0.05) is 12.8 Å². The van der Waals surface area contributed by atoms with Crippen LogP contribution in [0.3, 0.4) is 0 Å². The first-order valence-electron chi connectivity index (χ1n) is 5.88. The summed E-state index contributed by atoms with van der Waals surface area (Å²) in [7, 11) is 0. The zero-order valence-electron chi connectivity index (χ0n) is 9.63. The van der Waals surface area contributed by atoms with Gasteiger partial charge in [0, 0.05) is 12.7 Å². The van der Waals surface area contributed by atoms with Crippen LogP contribution in [0.5, 0.6) is 0 Å². The van der Waals surface area contributed by atoms with E-state index in [0.717, 1.165) is 31.4 Å². The lowest BCUT2D eigenvalue weighted by Gasteiger charge is -2.01. The van der Waals surface area contributed by atoms with Gasteiger partial charge >= 0.3 is 5.76 Å². The Labute approximate surface area is 105 Å². The summed E-state index contributed by atoms with van der Waals surface area (Å²) < 4.78 is 6.72. The minimum absolute atomic E-state index is 0.312. The fourth-order valence-corrected chi connectivity index (χ4v) is 2.06. The number of fused-ring (bicyclic) bond motifs is 1. The predicted octanol–water partition coefficient (Wildman–Crippen LogP) is 2.48. The molecule has 0 spiro atoms. The highest BCUT2D eigenvalue weighted by Crippen LogP contribution is 2.10. The first kappa shape index (κ1) is 12.2. The monoisotopic (exact) mass is 252 g/mol. The number of pyridine rings is 1. The zero-order chi connectivity index (χ0) is 12.1. The van der Waals surface area contributed by atoms with Crippen molar-refractivity contribution < 1.29 is 4.42 Å². The highest BCUT2D eigenvalue weighted by Gasteiger charge is 2.08. The Bertz CT molecular complexity index is 533. The number of nitrogens with zero attached hydrogens (tertiary/aromatic N) is 2. The molecule has 2 heterocycles. The Hall–Kier alpha value is -1.23. The van der Waals surface area contributed by atoms with Crippen LogP contribution in [0.15, 0.2) is 27.5 Å². The van der Waals surface area contributed by atoms with Gasteiger partial charge in [-0.15, -0.1) is 0 Å². The molecular formula is C12H16N2O2S. The fraction of sp³-hybridized carbons (Fsp3) is 0.500. The van der Waals surface area contributed by atoms with Crippen molar-refractivity contribution in [3.05, 3.63) is 28.9 Å². The van der Waals surface area contributed by atoms with Crippen molar-refractivity contribution in [1.29, 1.82) is 0 Å². The van der Waals surface area contributed by atoms with Gasteiger partial charge in [-0.3, -0.25) is 4.57 Å². The third kappa shape index (κ3) is 2.91. The second-order valence-corrected chi connectivity index (χ2v) is 4.43. The van der Waals surface area contributed by atoms with Gasteiger partial charge in [0.25, 0.3) is 0 Å². The number of aryl methyl sites for hydroxylation is 1. The van der Waals surface area contributed by atoms with Crippen LogP contribution < -0.4 is 5.76 Å². The van der Waals surface area contributed by atoms with Crippen LogP contribution in [0.2, 0.25) is 0 Å². The van der Waals surface area contributed by atoms with Crippen LogP contribution in [-0.4, -0.2) is 15.3 Å². The molecule has 92 valence electrons. The summed E-state index contributed by atoms with van der Waals surface area (Å²) in [6.07, 6.45) is 6.03. The summed E-state index contributed by atoms with van der Waals surface area (Å²) in [5.41, 5.74) is 1.21. The average molecular weight is 252 g/mol. The molecular weight excluding hydrogens is 236 g/mol. The minimum atomic E-state index is -0.312. The number of hydrogen-bond donors (Lipinski definition) is 1. The first-order valence-corrected chi connectivity index (χ1v) is 6.51. The van der Waals surface area contributed by atoms with Crippen LogP contribution in [-0.2, 0) is 6.54 Å². The maximum atomic E-state index is 11.6. The normalized spacial score (nSPS) is 11.1. The van der Waals surface area contributed by atoms with Crippen LogP contribution in [0.25, 0.3) is 11.2 Å². The maximum Gasteiger partial charge on any atom is 0.421 e. The number of oxazole rings is 1. The lowest BCUT2D eigenvalue weighted by Crippen LogP contribution is -2.14. The highest BCUT2D eigenvalue weighted by molar-refractivity contribution is 7.80. The van der Waals surface area contributed by atoms with Gasteiger partial charge in [0.1, 0.15) is 0 Å². The number of thiol groups is 1. The summed E-state index contributed by atoms with van der Waals surface area (Å²) in [4.78, 5) is 15.8. The van der Waals surface area contributed by atoms with Crippen LogP contribution in [0, 0.1) is 0 Å². The molecule has 2 rings (SSSR count). The van der Waals surface area contributed by atoms with Gasteiger partial charge in [0.15, 0.2) is 11.2 Å². The van der Waals surface area contributed by atoms with Crippen LogP contribution >= 0.6 is 12.6 Å². The van der Waals surface area contributed by atoms with E-state index < -0.39 is 0 Å². The molecule has 0 saturated heterocycles. The summed E-state index contributed by atoms with van der Waals surface area (Å²) in [5.74, 6) is 0.615. The zero-order valence-corrected chi connectivity index (χ0v) is 10.5. The molecule has 0 N–H and O–H groups in total. The highest BCUT2D eigenvalue weighted by atomic mass is 32.1. The maximum absolute atomic E-state index is 11.6. The molecule has 0 fully saturated rings. The largest absolute Gasteiger partial charge is 0.421 e. The van der Waals surface area contributed by atoms with Gasteiger partial charge < -0.3 is 4.42 Å². The lowest BCUT2D eigenvalue weighted by atomic mass is 10.2. The van der Waals surface area contributed by atoms with E-state index in [0.29, 0.717) is 17.8 Å². The van der Waals surface area contributed by atoms with E-state index in [-0.39, 0.29) is 5.76 Å². The van der Waals surface area contributed by atoms with E-state index in [1.54, 1.807) is 22.9 Å². The Kier molecular flexibility index (Phi) is 4.25. The van der Waals surface area contributed by atoms with Crippen molar-refractivity contribution in [2.24, 2.45) is 0 Å². The molecule has 0 aromatic carbocycles. The average Bonchev–Trinajstić information content (AvgIpc) is 2.65. The van der Waals surface area contributed by atoms with Crippen molar-refractivity contribution in [2.75, 3.05) is 5.75 Å². The third-order valence-corrected chi connectivity index (χ3v) is 3.03. The van der Waals surface area contributed by atoms with E-state index in [1.165, 1.54) is 0 Å². The Morgan fingerprint density at radius 3 is 2.94 bits per heavy atom. The molecule has 0 saturated carbocycles. The standard InChI is InChI=1S/C12H16N2O2S/c15-12-14(8-3-1-2-4-9-17)11-10(16-12)6-5-7-13-11/h5-7,17H,1-4,8-9H2. The van der Waals surface area contributed by atoms with Gasteiger partial charge in [0.05, 0.1) is 0 Å². The molecule has 4 nitrogen and oxygen atoms in total. The smallest absolute Gasteiger partial charge is 0.406 e. The molecule has 0 radical (unpaired) electrons. The van der Waals surface area contributed by atoms with Gasteiger partial charge in [-0.2, -0.15) is 12.6 Å². The SMILES string of the molecule is O=c1oc2cccnc2n1CCCCCCS. The third-order valence-electron chi connectivity index (χ3n) is 2.71. The van der Waals surface area contributed by atoms with E-state index in [1.807, 2.05) is 0 Å². The number of unbranched alkanes of at least 4 members (excludes halogenated alkanes) is 3. The Morgan fingerprint density at radius 1 is 1.29 bits per heavy atom. The topological polar surface area (TPSA) is 48.0 Å². The van der Waals surface area contributed by atoms with E-state index in [2.05, 4.69) is 17.6 Å². The second kappa shape index (κ2) is 5.91. The molecule has 17 heavy (non-hydrogen) atoms. The molecule has 0 atom stereocenters. The summed E-state index contributed by atoms with van der Waals surface area (Å²) >= 11 is 4.17. The molecule has 0 bridgehead atoms. The summed E-state index contributed by atoms with van der Waals surface area (Å²) in [5, 5.41) is 0. The molecule has 0 unspecified atom stereocenters. The number of rotatable bonds is 6. The van der Waals surface area contributed by atoms with Gasteiger partial charge in [-0.25, -0.2) is 9.78 Å². The van der Waals surface area contributed by atoms with Crippen molar-refractivity contribution in [3.8, 4) is 0 Å². The predicted molar refractivity (Wildman–Crippen MR) is 70.6 cm³/mol. The number of hydrogen-bond acceptors (Lipinski definition) is 4. The Morgan fingerprint density at radius 2 is 2.12 bits per heavy atom. The molecule has 0 aliphatic carbocycles. The molecule has 0 amide bonds. The van der Waals surface area contributed by atoms with Gasteiger partial charge in [0.2, 0.25) is 0 Å². The number of aromatic nitrogens is 2. The molecule has 2 aromatic heterocycles. The molecule has 0 aliphatic rings. The van der Waals surface area contributed by atoms with E-state index in [4.69, 9.17) is 4.42 Å². The van der Waals surface area contributed by atoms with Gasteiger partial charge in [-0.05, 0) is 30.7 Å². The fourth-order valence-electron chi connectivity index (χ4n) is 1.83. The first-order chi connectivity index (χ1) is 8.33. The lowest BCUT2D eigenvalue weighted by molar-refractivity contribution is 0.488. The molecule has 2 aromatic rings. The van der Waals surface area contributed by atoms with Crippen molar-refractivity contribution in [2.45, 2.75) is 32.2 Å². The molecule has 0 aliphatic heterocycles. The summed E-state index contributed by atoms with van der Waals surface area (Å²) in [6.45, 7) is 0.676. The Balaban J connectivity index is 2.03. The quantitative estimate of drug-likeness (QED) is 0.634. The second-order valence-electron chi connectivity index (χ2n) is 3.98. The van der Waals surface area contributed by atoms with Crippen LogP contribution in [0.4, 0.5) is 0 Å². The van der Waals surface area contributed by atoms with Crippen molar-refractivity contribution >= 4 is 23.9 Å². The van der Waals surface area contributed by atoms with E-state index in [9.17, 15) is 4.79 Å². The van der Waals surface area contributed by atoms with Crippen molar-refractivity contribution in [1.82, 2.24) is 9.55 Å². The molecule has 5 heteroatoms. The van der Waals surface area contributed by atoms with Crippen LogP contribution in [0.1, 0.15) is 25.7 Å². The van der Waals surface area contributed by atoms with Crippen molar-refractivity contribution in [3.63, 3.8) is 0 Å². The summed E-state index contributed by atoms with van der Waals surface area (Å²) in [6, 6.07) is 3.53. The van der Waals surface area contributed by atoms with E-state index >= 15 is 0 Å².